The maximum Gasteiger partial charge on any atom is 0.256 e. The summed E-state index contributed by atoms with van der Waals surface area (Å²) in [5.74, 6) is -4.51. The normalized spacial score (nSPS) is 11.2. The lowest BCUT2D eigenvalue weighted by molar-refractivity contribution is 0.0990. The van der Waals surface area contributed by atoms with E-state index in [1.807, 2.05) is 0 Å². The largest absolute Gasteiger partial charge is 0.365 e. The smallest absolute Gasteiger partial charge is 0.256 e. The monoisotopic (exact) mass is 541 g/mol. The number of amides is 2. The second-order valence-corrected chi connectivity index (χ2v) is 10.4. The zero-order valence-corrected chi connectivity index (χ0v) is 20.7. The van der Waals surface area contributed by atoms with Crippen molar-refractivity contribution in [3.05, 3.63) is 101 Å². The average Bonchev–Trinajstić information content (AvgIpc) is 2.84. The topological polar surface area (TPSA) is 119 Å². The van der Waals surface area contributed by atoms with Crippen LogP contribution in [0.25, 0.3) is 22.4 Å². The highest BCUT2D eigenvalue weighted by atomic mass is 35.5. The minimum Gasteiger partial charge on any atom is -0.365 e. The first-order valence-electron chi connectivity index (χ1n) is 10.6. The van der Waals surface area contributed by atoms with Crippen LogP contribution < -0.4 is 11.1 Å². The molecule has 0 spiro atoms. The van der Waals surface area contributed by atoms with Gasteiger partial charge in [-0.25, -0.2) is 17.2 Å². The number of carbonyl (C=O) groups is 2. The van der Waals surface area contributed by atoms with Gasteiger partial charge in [-0.15, -0.1) is 0 Å². The third-order valence-corrected chi connectivity index (χ3v) is 6.87. The molecule has 0 unspecified atom stereocenters. The first-order valence-corrected chi connectivity index (χ1v) is 12.9. The molecule has 4 aromatic rings. The fourth-order valence-electron chi connectivity index (χ4n) is 3.67. The van der Waals surface area contributed by atoms with Gasteiger partial charge in [0.25, 0.3) is 11.8 Å². The standard InChI is InChI=1S/C26H18ClF2N3O4S/c1-37(35,36)16-6-7-17(18(13-16)14-10-21(28)24(25(30)33)22(29)11-14)26(34)32-15-5-8-20(27)19(12-15)23-4-2-3-9-31-23/h2-13H,1H3,(H2,30,33)(H,32,34). The first kappa shape index (κ1) is 25.9. The predicted octanol–water partition coefficient (Wildman–Crippen LogP) is 5.10. The van der Waals surface area contributed by atoms with E-state index in [0.29, 0.717) is 22.0 Å². The van der Waals surface area contributed by atoms with Gasteiger partial charge in [0.1, 0.15) is 17.2 Å². The van der Waals surface area contributed by atoms with Crippen LogP contribution in [0.4, 0.5) is 14.5 Å². The molecule has 2 amide bonds. The number of benzene rings is 3. The Bertz CT molecular complexity index is 1640. The Balaban J connectivity index is 1.80. The highest BCUT2D eigenvalue weighted by Gasteiger charge is 2.22. The lowest BCUT2D eigenvalue weighted by atomic mass is 9.97. The number of anilines is 1. The van der Waals surface area contributed by atoms with Gasteiger partial charge in [-0.05, 0) is 71.8 Å². The molecule has 0 aliphatic rings. The fourth-order valence-corrected chi connectivity index (χ4v) is 4.54. The fraction of sp³-hybridized carbons (Fsp3) is 0.0385. The summed E-state index contributed by atoms with van der Waals surface area (Å²) in [4.78, 5) is 28.7. The van der Waals surface area contributed by atoms with Gasteiger partial charge in [0.05, 0.1) is 15.6 Å². The Labute approximate surface area is 215 Å². The molecule has 188 valence electrons. The average molecular weight is 542 g/mol. The van der Waals surface area contributed by atoms with Crippen LogP contribution in [-0.4, -0.2) is 31.5 Å². The molecule has 11 heteroatoms. The second-order valence-electron chi connectivity index (χ2n) is 8.02. The molecule has 0 saturated carbocycles. The van der Waals surface area contributed by atoms with E-state index in [4.69, 9.17) is 17.3 Å². The summed E-state index contributed by atoms with van der Waals surface area (Å²) < 4.78 is 53.3. The molecule has 3 N–H and O–H groups in total. The molecule has 1 heterocycles. The molecular weight excluding hydrogens is 524 g/mol. The van der Waals surface area contributed by atoms with Gasteiger partial charge in [0, 0.05) is 29.3 Å². The number of aromatic nitrogens is 1. The third kappa shape index (κ3) is 5.50. The quantitative estimate of drug-likeness (QED) is 0.352. The van der Waals surface area contributed by atoms with E-state index >= 15 is 0 Å². The van der Waals surface area contributed by atoms with Gasteiger partial charge in [-0.3, -0.25) is 14.6 Å². The summed E-state index contributed by atoms with van der Waals surface area (Å²) in [5.41, 5.74) is 5.24. The van der Waals surface area contributed by atoms with Crippen LogP contribution in [0.2, 0.25) is 5.02 Å². The lowest BCUT2D eigenvalue weighted by Crippen LogP contribution is -2.16. The van der Waals surface area contributed by atoms with Crippen LogP contribution in [0.3, 0.4) is 0 Å². The van der Waals surface area contributed by atoms with Crippen LogP contribution in [0.1, 0.15) is 20.7 Å². The Kier molecular flexibility index (Phi) is 7.06. The van der Waals surface area contributed by atoms with E-state index in [2.05, 4.69) is 10.3 Å². The molecule has 4 rings (SSSR count). The van der Waals surface area contributed by atoms with Crippen molar-refractivity contribution in [3.63, 3.8) is 0 Å². The number of pyridine rings is 1. The summed E-state index contributed by atoms with van der Waals surface area (Å²) in [5, 5.41) is 3.08. The van der Waals surface area contributed by atoms with Crippen LogP contribution in [0.15, 0.2) is 77.8 Å². The summed E-state index contributed by atoms with van der Waals surface area (Å²) in [6.45, 7) is 0. The van der Waals surface area contributed by atoms with Gasteiger partial charge < -0.3 is 11.1 Å². The molecule has 0 atom stereocenters. The van der Waals surface area contributed by atoms with Gasteiger partial charge in [0.15, 0.2) is 9.84 Å². The number of nitrogens with two attached hydrogens (primary N) is 1. The molecule has 0 saturated heterocycles. The zero-order valence-electron chi connectivity index (χ0n) is 19.1. The molecule has 0 bridgehead atoms. The van der Waals surface area contributed by atoms with Crippen molar-refractivity contribution >= 4 is 38.9 Å². The number of primary amides is 1. The predicted molar refractivity (Wildman–Crippen MR) is 136 cm³/mol. The Morgan fingerprint density at radius 3 is 2.24 bits per heavy atom. The third-order valence-electron chi connectivity index (χ3n) is 5.43. The summed E-state index contributed by atoms with van der Waals surface area (Å²) in [6.07, 6.45) is 2.55. The lowest BCUT2D eigenvalue weighted by Gasteiger charge is -2.14. The first-order chi connectivity index (χ1) is 17.5. The molecule has 1 aromatic heterocycles. The van der Waals surface area contributed by atoms with Crippen molar-refractivity contribution in [3.8, 4) is 22.4 Å². The zero-order chi connectivity index (χ0) is 26.9. The maximum atomic E-state index is 14.5. The number of sulfone groups is 1. The van der Waals surface area contributed by atoms with E-state index in [1.54, 1.807) is 42.6 Å². The number of rotatable bonds is 6. The molecule has 0 aliphatic carbocycles. The van der Waals surface area contributed by atoms with Crippen LogP contribution in [-0.2, 0) is 9.84 Å². The van der Waals surface area contributed by atoms with Gasteiger partial charge in [-0.1, -0.05) is 17.7 Å². The van der Waals surface area contributed by atoms with Gasteiger partial charge in [0.2, 0.25) is 0 Å². The number of hydrogen-bond acceptors (Lipinski definition) is 5. The SMILES string of the molecule is CS(=O)(=O)c1ccc(C(=O)Nc2ccc(Cl)c(-c3ccccn3)c2)c(-c2cc(F)c(C(N)=O)c(F)c2)c1. The van der Waals surface area contributed by atoms with Crippen LogP contribution in [0.5, 0.6) is 0 Å². The van der Waals surface area contributed by atoms with E-state index in [-0.39, 0.29) is 21.6 Å². The van der Waals surface area contributed by atoms with Crippen molar-refractivity contribution in [1.29, 1.82) is 0 Å². The molecule has 37 heavy (non-hydrogen) atoms. The minimum absolute atomic E-state index is 0.0758. The summed E-state index contributed by atoms with van der Waals surface area (Å²) in [6, 6.07) is 15.2. The van der Waals surface area contributed by atoms with Crippen LogP contribution >= 0.6 is 11.6 Å². The van der Waals surface area contributed by atoms with Crippen molar-refractivity contribution in [2.45, 2.75) is 4.90 Å². The molecule has 0 radical (unpaired) electrons. The van der Waals surface area contributed by atoms with Crippen molar-refractivity contribution in [2.24, 2.45) is 5.73 Å². The number of nitrogens with zero attached hydrogens (tertiary/aromatic N) is 1. The highest BCUT2D eigenvalue weighted by molar-refractivity contribution is 7.90. The number of carbonyl (C=O) groups excluding carboxylic acids is 2. The molecule has 3 aromatic carbocycles. The molecule has 0 aliphatic heterocycles. The van der Waals surface area contributed by atoms with Gasteiger partial charge >= 0.3 is 0 Å². The van der Waals surface area contributed by atoms with Gasteiger partial charge in [-0.2, -0.15) is 0 Å². The van der Waals surface area contributed by atoms with E-state index in [9.17, 15) is 26.8 Å². The second kappa shape index (κ2) is 10.1. The van der Waals surface area contributed by atoms with Crippen molar-refractivity contribution in [1.82, 2.24) is 4.98 Å². The van der Waals surface area contributed by atoms with E-state index in [1.165, 1.54) is 12.1 Å². The number of nitrogens with one attached hydrogen (secondary N) is 1. The molecular formula is C26H18ClF2N3O4S. The van der Waals surface area contributed by atoms with E-state index < -0.39 is 38.8 Å². The highest BCUT2D eigenvalue weighted by Crippen LogP contribution is 2.32. The Hall–Kier alpha value is -4.15. The molecule has 0 fully saturated rings. The Morgan fingerprint density at radius 2 is 1.65 bits per heavy atom. The van der Waals surface area contributed by atoms with Crippen LogP contribution in [0, 0.1) is 11.6 Å². The van der Waals surface area contributed by atoms with E-state index in [0.717, 1.165) is 24.5 Å². The number of halogens is 3. The maximum absolute atomic E-state index is 14.5. The Morgan fingerprint density at radius 1 is 0.946 bits per heavy atom. The number of hydrogen-bond donors (Lipinski definition) is 2. The summed E-state index contributed by atoms with van der Waals surface area (Å²) in [7, 11) is -3.73. The summed E-state index contributed by atoms with van der Waals surface area (Å²) >= 11 is 6.30. The van der Waals surface area contributed by atoms with Crippen molar-refractivity contribution in [2.75, 3.05) is 11.6 Å². The van der Waals surface area contributed by atoms with Crippen molar-refractivity contribution < 1.29 is 26.8 Å². The molecule has 7 nitrogen and oxygen atoms in total. The minimum atomic E-state index is -3.73.